The van der Waals surface area contributed by atoms with Crippen LogP contribution in [0, 0.1) is 5.92 Å². The Hall–Kier alpha value is -1.36. The smallest absolute Gasteiger partial charge is 0.133 e. The molecule has 1 aromatic rings. The molecule has 3 N–H and O–H groups in total. The van der Waals surface area contributed by atoms with Crippen molar-refractivity contribution in [2.45, 2.75) is 13.8 Å². The van der Waals surface area contributed by atoms with E-state index < -0.39 is 0 Å². The van der Waals surface area contributed by atoms with E-state index in [0.29, 0.717) is 12.5 Å². The molecule has 1 heterocycles. The molecule has 0 radical (unpaired) electrons. The van der Waals surface area contributed by atoms with Gasteiger partial charge >= 0.3 is 0 Å². The minimum Gasteiger partial charge on any atom is -0.370 e. The van der Waals surface area contributed by atoms with Gasteiger partial charge in [-0.2, -0.15) is 0 Å². The molecule has 0 bridgehead atoms. The molecule has 0 saturated heterocycles. The molecule has 0 aliphatic carbocycles. The molecule has 0 fully saturated rings. The van der Waals surface area contributed by atoms with E-state index in [1.165, 1.54) is 0 Å². The maximum absolute atomic E-state index is 5.50. The fourth-order valence-corrected chi connectivity index (χ4v) is 1.27. The van der Waals surface area contributed by atoms with Crippen molar-refractivity contribution >= 4 is 11.6 Å². The number of rotatable bonds is 6. The second-order valence-electron chi connectivity index (χ2n) is 4.25. The minimum absolute atomic E-state index is 0.597. The summed E-state index contributed by atoms with van der Waals surface area (Å²) in [4.78, 5) is 10.4. The van der Waals surface area contributed by atoms with Crippen LogP contribution in [0.1, 0.15) is 13.8 Å². The monoisotopic (exact) mass is 223 g/mol. The number of likely N-dealkylation sites (N-methyl/N-ethyl adjacent to an activating group) is 1. The SMILES string of the molecule is CC(C)CNc1cc(N(C)CCN)ncn1. The summed E-state index contributed by atoms with van der Waals surface area (Å²) < 4.78 is 0. The van der Waals surface area contributed by atoms with E-state index in [2.05, 4.69) is 29.1 Å². The van der Waals surface area contributed by atoms with Crippen LogP contribution in [-0.4, -0.2) is 36.6 Å². The van der Waals surface area contributed by atoms with Crippen molar-refractivity contribution in [1.82, 2.24) is 9.97 Å². The zero-order valence-electron chi connectivity index (χ0n) is 10.3. The summed E-state index contributed by atoms with van der Waals surface area (Å²) in [5, 5.41) is 3.27. The molecule has 5 nitrogen and oxygen atoms in total. The fourth-order valence-electron chi connectivity index (χ4n) is 1.27. The molecule has 16 heavy (non-hydrogen) atoms. The second kappa shape index (κ2) is 6.27. The zero-order chi connectivity index (χ0) is 12.0. The van der Waals surface area contributed by atoms with Gasteiger partial charge in [-0.1, -0.05) is 13.8 Å². The van der Waals surface area contributed by atoms with Crippen LogP contribution in [0.5, 0.6) is 0 Å². The number of aromatic nitrogens is 2. The molecule has 1 rings (SSSR count). The summed E-state index contributed by atoms with van der Waals surface area (Å²) in [7, 11) is 1.97. The summed E-state index contributed by atoms with van der Waals surface area (Å²) in [6, 6.07) is 1.94. The maximum Gasteiger partial charge on any atom is 0.133 e. The molecule has 0 aliphatic heterocycles. The van der Waals surface area contributed by atoms with Crippen molar-refractivity contribution < 1.29 is 0 Å². The van der Waals surface area contributed by atoms with Gasteiger partial charge in [-0.15, -0.1) is 0 Å². The van der Waals surface area contributed by atoms with Crippen LogP contribution >= 0.6 is 0 Å². The Balaban J connectivity index is 2.63. The van der Waals surface area contributed by atoms with E-state index >= 15 is 0 Å². The Morgan fingerprint density at radius 2 is 2.19 bits per heavy atom. The number of nitrogens with zero attached hydrogens (tertiary/aromatic N) is 3. The van der Waals surface area contributed by atoms with Gasteiger partial charge in [-0.3, -0.25) is 0 Å². The van der Waals surface area contributed by atoms with Crippen molar-refractivity contribution in [1.29, 1.82) is 0 Å². The van der Waals surface area contributed by atoms with Crippen LogP contribution in [0.4, 0.5) is 11.6 Å². The van der Waals surface area contributed by atoms with Crippen molar-refractivity contribution in [3.8, 4) is 0 Å². The Kier molecular flexibility index (Phi) is 4.98. The number of anilines is 2. The lowest BCUT2D eigenvalue weighted by molar-refractivity contribution is 0.686. The molecule has 0 amide bonds. The highest BCUT2D eigenvalue weighted by Gasteiger charge is 2.03. The van der Waals surface area contributed by atoms with Crippen molar-refractivity contribution in [2.24, 2.45) is 11.7 Å². The highest BCUT2D eigenvalue weighted by Crippen LogP contribution is 2.12. The Morgan fingerprint density at radius 1 is 1.44 bits per heavy atom. The predicted molar refractivity (Wildman–Crippen MR) is 67.7 cm³/mol. The summed E-state index contributed by atoms with van der Waals surface area (Å²) >= 11 is 0. The van der Waals surface area contributed by atoms with Crippen LogP contribution in [-0.2, 0) is 0 Å². The summed E-state index contributed by atoms with van der Waals surface area (Å²) in [5.74, 6) is 2.36. The molecule has 0 unspecified atom stereocenters. The van der Waals surface area contributed by atoms with E-state index in [1.807, 2.05) is 18.0 Å². The second-order valence-corrected chi connectivity index (χ2v) is 4.25. The standard InChI is InChI=1S/C11H21N5/c1-9(2)7-13-10-6-11(15-8-14-10)16(3)5-4-12/h6,8-9H,4-5,7,12H2,1-3H3,(H,13,14,15). The van der Waals surface area contributed by atoms with Gasteiger partial charge in [0.05, 0.1) is 0 Å². The zero-order valence-corrected chi connectivity index (χ0v) is 10.3. The minimum atomic E-state index is 0.597. The van der Waals surface area contributed by atoms with E-state index in [-0.39, 0.29) is 0 Å². The maximum atomic E-state index is 5.50. The predicted octanol–water partition coefficient (Wildman–Crippen LogP) is 0.939. The van der Waals surface area contributed by atoms with Gasteiger partial charge in [0, 0.05) is 32.7 Å². The first-order valence-corrected chi connectivity index (χ1v) is 5.60. The van der Waals surface area contributed by atoms with Gasteiger partial charge in [0.25, 0.3) is 0 Å². The molecule has 0 aromatic carbocycles. The number of hydrogen-bond donors (Lipinski definition) is 2. The van der Waals surface area contributed by atoms with Crippen molar-refractivity contribution in [3.05, 3.63) is 12.4 Å². The molecule has 1 aromatic heterocycles. The molecular formula is C11H21N5. The summed E-state index contributed by atoms with van der Waals surface area (Å²) in [6.45, 7) is 6.65. The Labute approximate surface area is 97.1 Å². The molecule has 0 atom stereocenters. The lowest BCUT2D eigenvalue weighted by Crippen LogP contribution is -2.26. The Morgan fingerprint density at radius 3 is 2.81 bits per heavy atom. The third kappa shape index (κ3) is 4.02. The molecule has 5 heteroatoms. The van der Waals surface area contributed by atoms with Crippen molar-refractivity contribution in [2.75, 3.05) is 36.9 Å². The van der Waals surface area contributed by atoms with Crippen LogP contribution in [0.2, 0.25) is 0 Å². The van der Waals surface area contributed by atoms with E-state index in [4.69, 9.17) is 5.73 Å². The topological polar surface area (TPSA) is 67.1 Å². The van der Waals surface area contributed by atoms with Gasteiger partial charge in [0.2, 0.25) is 0 Å². The lowest BCUT2D eigenvalue weighted by Gasteiger charge is -2.17. The van der Waals surface area contributed by atoms with Gasteiger partial charge in [-0.25, -0.2) is 9.97 Å². The highest BCUT2D eigenvalue weighted by atomic mass is 15.2. The van der Waals surface area contributed by atoms with Crippen LogP contribution < -0.4 is 16.0 Å². The average molecular weight is 223 g/mol. The van der Waals surface area contributed by atoms with E-state index in [9.17, 15) is 0 Å². The third-order valence-electron chi connectivity index (χ3n) is 2.20. The van der Waals surface area contributed by atoms with Gasteiger partial charge in [0.1, 0.15) is 18.0 Å². The first-order chi connectivity index (χ1) is 7.63. The highest BCUT2D eigenvalue weighted by molar-refractivity contribution is 5.47. The molecule has 0 aliphatic rings. The van der Waals surface area contributed by atoms with Gasteiger partial charge in [0.15, 0.2) is 0 Å². The first kappa shape index (κ1) is 12.7. The number of nitrogens with two attached hydrogens (primary N) is 1. The Bertz CT molecular complexity index is 313. The normalized spacial score (nSPS) is 10.6. The van der Waals surface area contributed by atoms with Crippen LogP contribution in [0.3, 0.4) is 0 Å². The van der Waals surface area contributed by atoms with Gasteiger partial charge < -0.3 is 16.0 Å². The largest absolute Gasteiger partial charge is 0.370 e. The number of nitrogens with one attached hydrogen (secondary N) is 1. The quantitative estimate of drug-likeness (QED) is 0.751. The molecule has 0 spiro atoms. The lowest BCUT2D eigenvalue weighted by atomic mass is 10.2. The summed E-state index contributed by atoms with van der Waals surface area (Å²) in [5.41, 5.74) is 5.50. The summed E-state index contributed by atoms with van der Waals surface area (Å²) in [6.07, 6.45) is 1.57. The molecular weight excluding hydrogens is 202 g/mol. The fraction of sp³-hybridized carbons (Fsp3) is 0.636. The number of hydrogen-bond acceptors (Lipinski definition) is 5. The molecule has 90 valence electrons. The van der Waals surface area contributed by atoms with Crippen molar-refractivity contribution in [3.63, 3.8) is 0 Å². The van der Waals surface area contributed by atoms with Crippen LogP contribution in [0.25, 0.3) is 0 Å². The van der Waals surface area contributed by atoms with E-state index in [0.717, 1.165) is 24.7 Å². The first-order valence-electron chi connectivity index (χ1n) is 5.60. The average Bonchev–Trinajstić information content (AvgIpc) is 2.27. The third-order valence-corrected chi connectivity index (χ3v) is 2.20. The van der Waals surface area contributed by atoms with Gasteiger partial charge in [-0.05, 0) is 5.92 Å². The van der Waals surface area contributed by atoms with E-state index in [1.54, 1.807) is 6.33 Å². The molecule has 0 saturated carbocycles. The van der Waals surface area contributed by atoms with Crippen LogP contribution in [0.15, 0.2) is 12.4 Å².